The van der Waals surface area contributed by atoms with E-state index in [1.54, 1.807) is 12.1 Å². The van der Waals surface area contributed by atoms with Crippen molar-refractivity contribution in [3.05, 3.63) is 29.8 Å². The normalized spacial score (nSPS) is 12.2. The number of benzene rings is 1. The Morgan fingerprint density at radius 1 is 0.714 bits per heavy atom. The molecule has 0 radical (unpaired) electrons. The molecule has 0 fully saturated rings. The summed E-state index contributed by atoms with van der Waals surface area (Å²) in [5, 5.41) is 17.0. The zero-order valence-electron chi connectivity index (χ0n) is 29.7. The van der Waals surface area contributed by atoms with Crippen LogP contribution in [-0.2, 0) is 33.4 Å². The second kappa shape index (κ2) is 27.1. The Morgan fingerprint density at radius 2 is 1.33 bits per heavy atom. The van der Waals surface area contributed by atoms with E-state index in [-0.39, 0.29) is 36.1 Å². The number of amides is 6. The minimum atomic E-state index is -0.837. The van der Waals surface area contributed by atoms with Crippen molar-refractivity contribution in [2.24, 2.45) is 11.7 Å². The van der Waals surface area contributed by atoms with Crippen LogP contribution in [-0.4, -0.2) is 108 Å². The molecule has 0 aliphatic carbocycles. The van der Waals surface area contributed by atoms with Gasteiger partial charge in [-0.15, -0.1) is 0 Å². The molecule has 49 heavy (non-hydrogen) atoms. The Bertz CT molecular complexity index is 1100. The number of urea groups is 1. The van der Waals surface area contributed by atoms with E-state index in [1.165, 1.54) is 0 Å². The van der Waals surface area contributed by atoms with Crippen LogP contribution in [0.1, 0.15) is 64.9 Å². The number of carbonyl (C=O) groups excluding carboxylic acids is 5. The van der Waals surface area contributed by atoms with Crippen molar-refractivity contribution in [2.45, 2.75) is 78.3 Å². The van der Waals surface area contributed by atoms with Gasteiger partial charge in [-0.1, -0.05) is 38.5 Å². The highest BCUT2D eigenvalue weighted by atomic mass is 16.5. The topological polar surface area (TPSA) is 211 Å². The second-order valence-corrected chi connectivity index (χ2v) is 11.9. The zero-order valence-corrected chi connectivity index (χ0v) is 29.7. The van der Waals surface area contributed by atoms with E-state index in [9.17, 15) is 24.0 Å². The molecule has 1 aromatic carbocycles. The quantitative estimate of drug-likeness (QED) is 0.0631. The minimum absolute atomic E-state index is 0.0322. The molecule has 0 bridgehead atoms. The molecule has 1 unspecified atom stereocenters. The van der Waals surface area contributed by atoms with Crippen LogP contribution in [0.4, 0.5) is 10.5 Å². The summed E-state index contributed by atoms with van der Waals surface area (Å²) >= 11 is 0. The van der Waals surface area contributed by atoms with Gasteiger partial charge in [0.1, 0.15) is 6.04 Å². The van der Waals surface area contributed by atoms with Gasteiger partial charge in [0.05, 0.1) is 39.1 Å². The lowest BCUT2D eigenvalue weighted by atomic mass is 10.0. The molecule has 15 nitrogen and oxygen atoms in total. The molecule has 1 rings (SSSR count). The third-order valence-corrected chi connectivity index (χ3v) is 7.16. The maximum absolute atomic E-state index is 13.3. The summed E-state index contributed by atoms with van der Waals surface area (Å²) in [6, 6.07) is 5.24. The van der Waals surface area contributed by atoms with E-state index < -0.39 is 18.1 Å². The second-order valence-electron chi connectivity index (χ2n) is 11.9. The highest BCUT2D eigenvalue weighted by Crippen LogP contribution is 2.11. The molecule has 0 aliphatic heterocycles. The predicted molar refractivity (Wildman–Crippen MR) is 188 cm³/mol. The number of carbonyl (C=O) groups is 5. The van der Waals surface area contributed by atoms with Crippen LogP contribution in [0.2, 0.25) is 0 Å². The fraction of sp³-hybridized carbons (Fsp3) is 0.676. The Balaban J connectivity index is 2.29. The van der Waals surface area contributed by atoms with E-state index in [4.69, 9.17) is 19.9 Å². The molecule has 0 saturated carbocycles. The SMILES string of the molecule is CCCC(=O)NCCOCCOCCOCCCC(=O)NCCN[C@H](C(=O)NC(CCCNC(N)=O)C(=O)Nc1ccc(C)cc1)C(C)C. The summed E-state index contributed by atoms with van der Waals surface area (Å²) in [6.07, 6.45) is 2.93. The molecule has 0 aromatic heterocycles. The summed E-state index contributed by atoms with van der Waals surface area (Å²) in [7, 11) is 0. The van der Waals surface area contributed by atoms with Gasteiger partial charge >= 0.3 is 6.03 Å². The van der Waals surface area contributed by atoms with Gasteiger partial charge in [-0.2, -0.15) is 0 Å². The Labute approximate surface area is 290 Å². The molecule has 15 heteroatoms. The highest BCUT2D eigenvalue weighted by Gasteiger charge is 2.27. The summed E-state index contributed by atoms with van der Waals surface area (Å²) in [5.41, 5.74) is 6.80. The minimum Gasteiger partial charge on any atom is -0.379 e. The average molecular weight is 694 g/mol. The standard InChI is InChI=1S/C34H59N7O8/c1-5-8-29(42)37-18-20-48-22-24-49-23-21-47-19-7-10-30(43)36-16-17-38-31(25(2)3)33(45)41-28(9-6-15-39-34(35)46)32(44)40-27-13-11-26(4)12-14-27/h11-14,25,28,31,38H,5-10,15-24H2,1-4H3,(H,36,43)(H,37,42)(H,40,44)(H,41,45)(H3,35,39,46)/t28?,31-/m0/s1. The molecule has 278 valence electrons. The monoisotopic (exact) mass is 693 g/mol. The number of rotatable bonds is 28. The number of anilines is 1. The molecule has 0 heterocycles. The van der Waals surface area contributed by atoms with Crippen LogP contribution in [0.3, 0.4) is 0 Å². The Morgan fingerprint density at radius 3 is 1.96 bits per heavy atom. The number of hydrogen-bond donors (Lipinski definition) is 7. The number of hydrogen-bond acceptors (Lipinski definition) is 9. The van der Waals surface area contributed by atoms with Crippen LogP contribution in [0, 0.1) is 12.8 Å². The molecule has 0 saturated heterocycles. The number of aryl methyl sites for hydroxylation is 1. The van der Waals surface area contributed by atoms with E-state index in [0.29, 0.717) is 97.1 Å². The molecule has 8 N–H and O–H groups in total. The third kappa shape index (κ3) is 22.5. The first-order valence-electron chi connectivity index (χ1n) is 17.2. The lowest BCUT2D eigenvalue weighted by Crippen LogP contribution is -2.54. The van der Waals surface area contributed by atoms with Gasteiger partial charge in [0, 0.05) is 51.3 Å². The maximum atomic E-state index is 13.3. The molecular formula is C34H59N7O8. The average Bonchev–Trinajstić information content (AvgIpc) is 3.05. The highest BCUT2D eigenvalue weighted by molar-refractivity contribution is 5.97. The van der Waals surface area contributed by atoms with Gasteiger partial charge in [-0.25, -0.2) is 4.79 Å². The lowest BCUT2D eigenvalue weighted by Gasteiger charge is -2.25. The van der Waals surface area contributed by atoms with E-state index in [1.807, 2.05) is 39.8 Å². The Hall–Kier alpha value is -3.79. The van der Waals surface area contributed by atoms with Crippen molar-refractivity contribution in [2.75, 3.05) is 71.1 Å². The molecule has 0 spiro atoms. The van der Waals surface area contributed by atoms with Crippen LogP contribution < -0.4 is 37.6 Å². The predicted octanol–water partition coefficient (Wildman–Crippen LogP) is 1.34. The molecule has 0 aliphatic rings. The van der Waals surface area contributed by atoms with Gasteiger partial charge in [0.25, 0.3) is 0 Å². The van der Waals surface area contributed by atoms with E-state index >= 15 is 0 Å². The van der Waals surface area contributed by atoms with Crippen molar-refractivity contribution in [1.82, 2.24) is 26.6 Å². The summed E-state index contributed by atoms with van der Waals surface area (Å²) in [6.45, 7) is 11.7. The maximum Gasteiger partial charge on any atom is 0.312 e. The third-order valence-electron chi connectivity index (χ3n) is 7.16. The molecule has 1 aromatic rings. The molecule has 6 amide bonds. The van der Waals surface area contributed by atoms with Crippen molar-refractivity contribution < 1.29 is 38.2 Å². The van der Waals surface area contributed by atoms with Gasteiger partial charge < -0.3 is 51.8 Å². The summed E-state index contributed by atoms with van der Waals surface area (Å²) < 4.78 is 16.4. The van der Waals surface area contributed by atoms with Gasteiger partial charge in [0.15, 0.2) is 0 Å². The van der Waals surface area contributed by atoms with Crippen LogP contribution in [0.5, 0.6) is 0 Å². The fourth-order valence-corrected chi connectivity index (χ4v) is 4.52. The van der Waals surface area contributed by atoms with Gasteiger partial charge in [0.2, 0.25) is 23.6 Å². The first-order chi connectivity index (χ1) is 23.5. The molecular weight excluding hydrogens is 634 g/mol. The summed E-state index contributed by atoms with van der Waals surface area (Å²) in [5.74, 6) is -0.882. The smallest absolute Gasteiger partial charge is 0.312 e. The largest absolute Gasteiger partial charge is 0.379 e. The van der Waals surface area contributed by atoms with Gasteiger partial charge in [-0.05, 0) is 50.7 Å². The summed E-state index contributed by atoms with van der Waals surface area (Å²) in [4.78, 5) is 61.0. The number of nitrogens with one attached hydrogen (secondary N) is 6. The van der Waals surface area contributed by atoms with Gasteiger partial charge in [-0.3, -0.25) is 19.2 Å². The first-order valence-corrected chi connectivity index (χ1v) is 17.2. The lowest BCUT2D eigenvalue weighted by molar-refractivity contribution is -0.128. The number of ether oxygens (including phenoxy) is 3. The van der Waals surface area contributed by atoms with Crippen LogP contribution >= 0.6 is 0 Å². The Kier molecular flexibility index (Phi) is 23.9. The number of primary amides is 1. The first kappa shape index (κ1) is 43.2. The molecule has 2 atom stereocenters. The van der Waals surface area contributed by atoms with Crippen LogP contribution in [0.15, 0.2) is 24.3 Å². The van der Waals surface area contributed by atoms with E-state index in [0.717, 1.165) is 12.0 Å². The van der Waals surface area contributed by atoms with Crippen molar-refractivity contribution >= 4 is 35.3 Å². The van der Waals surface area contributed by atoms with Crippen molar-refractivity contribution in [3.63, 3.8) is 0 Å². The fourth-order valence-electron chi connectivity index (χ4n) is 4.52. The van der Waals surface area contributed by atoms with Crippen molar-refractivity contribution in [3.8, 4) is 0 Å². The number of nitrogens with two attached hydrogens (primary N) is 1. The zero-order chi connectivity index (χ0) is 36.3. The van der Waals surface area contributed by atoms with Crippen LogP contribution in [0.25, 0.3) is 0 Å². The van der Waals surface area contributed by atoms with Crippen molar-refractivity contribution in [1.29, 1.82) is 0 Å². The van der Waals surface area contributed by atoms with E-state index in [2.05, 4.69) is 31.9 Å².